The SMILES string of the molecule is C=CCNC(=S)NNC(=O)Cc1ccc(OC)c(OC)c1. The molecule has 0 aromatic heterocycles. The fraction of sp³-hybridized carbons (Fsp3) is 0.286. The molecule has 0 fully saturated rings. The van der Waals surface area contributed by atoms with Gasteiger partial charge in [0.1, 0.15) is 0 Å². The van der Waals surface area contributed by atoms with Crippen LogP contribution >= 0.6 is 12.2 Å². The molecule has 21 heavy (non-hydrogen) atoms. The Balaban J connectivity index is 2.51. The topological polar surface area (TPSA) is 71.6 Å². The van der Waals surface area contributed by atoms with Crippen LogP contribution in [0.15, 0.2) is 30.9 Å². The van der Waals surface area contributed by atoms with Gasteiger partial charge < -0.3 is 14.8 Å². The molecule has 0 unspecified atom stereocenters. The highest BCUT2D eigenvalue weighted by Gasteiger charge is 2.08. The number of carbonyl (C=O) groups excluding carboxylic acids is 1. The van der Waals surface area contributed by atoms with E-state index in [0.717, 1.165) is 5.56 Å². The van der Waals surface area contributed by atoms with Crippen LogP contribution in [0, 0.1) is 0 Å². The smallest absolute Gasteiger partial charge is 0.242 e. The first-order valence-corrected chi connectivity index (χ1v) is 6.66. The van der Waals surface area contributed by atoms with E-state index in [1.54, 1.807) is 38.5 Å². The van der Waals surface area contributed by atoms with Gasteiger partial charge in [-0.2, -0.15) is 0 Å². The molecule has 0 heterocycles. The molecule has 0 aliphatic heterocycles. The minimum atomic E-state index is -0.218. The fourth-order valence-corrected chi connectivity index (χ4v) is 1.69. The number of hydrogen-bond donors (Lipinski definition) is 3. The highest BCUT2D eigenvalue weighted by molar-refractivity contribution is 7.80. The number of rotatable bonds is 6. The average molecular weight is 309 g/mol. The number of nitrogens with one attached hydrogen (secondary N) is 3. The zero-order chi connectivity index (χ0) is 15.7. The predicted octanol–water partition coefficient (Wildman–Crippen LogP) is 0.928. The third-order valence-corrected chi connectivity index (χ3v) is 2.78. The first-order valence-electron chi connectivity index (χ1n) is 6.25. The summed E-state index contributed by atoms with van der Waals surface area (Å²) in [6.45, 7) is 4.08. The lowest BCUT2D eigenvalue weighted by Gasteiger charge is -2.11. The Morgan fingerprint density at radius 1 is 1.29 bits per heavy atom. The number of benzene rings is 1. The van der Waals surface area contributed by atoms with E-state index in [-0.39, 0.29) is 12.3 Å². The predicted molar refractivity (Wildman–Crippen MR) is 85.3 cm³/mol. The largest absolute Gasteiger partial charge is 0.493 e. The van der Waals surface area contributed by atoms with Crippen LogP contribution in [0.4, 0.5) is 0 Å². The van der Waals surface area contributed by atoms with Crippen LogP contribution in [0.2, 0.25) is 0 Å². The number of amides is 1. The van der Waals surface area contributed by atoms with Gasteiger partial charge in [0.05, 0.1) is 20.6 Å². The number of hydrogen-bond acceptors (Lipinski definition) is 4. The average Bonchev–Trinajstić information content (AvgIpc) is 2.50. The van der Waals surface area contributed by atoms with Crippen LogP contribution in [0.25, 0.3) is 0 Å². The molecule has 0 atom stereocenters. The van der Waals surface area contributed by atoms with Gasteiger partial charge >= 0.3 is 0 Å². The van der Waals surface area contributed by atoms with Crippen molar-refractivity contribution in [3.05, 3.63) is 36.4 Å². The van der Waals surface area contributed by atoms with Gasteiger partial charge in [-0.15, -0.1) is 6.58 Å². The van der Waals surface area contributed by atoms with Gasteiger partial charge in [0.15, 0.2) is 16.6 Å². The molecule has 3 N–H and O–H groups in total. The summed E-state index contributed by atoms with van der Waals surface area (Å²) in [5, 5.41) is 3.17. The van der Waals surface area contributed by atoms with Gasteiger partial charge in [0, 0.05) is 6.54 Å². The molecule has 0 aliphatic rings. The lowest BCUT2D eigenvalue weighted by molar-refractivity contribution is -0.121. The molecule has 1 rings (SSSR count). The van der Waals surface area contributed by atoms with Crippen LogP contribution in [0.1, 0.15) is 5.56 Å². The summed E-state index contributed by atoms with van der Waals surface area (Å²) in [6, 6.07) is 5.31. The Labute approximate surface area is 129 Å². The van der Waals surface area contributed by atoms with Gasteiger partial charge in [-0.25, -0.2) is 0 Å². The minimum absolute atomic E-state index is 0.192. The van der Waals surface area contributed by atoms with E-state index in [2.05, 4.69) is 22.7 Å². The molecular weight excluding hydrogens is 290 g/mol. The summed E-state index contributed by atoms with van der Waals surface area (Å²) in [6.07, 6.45) is 1.86. The molecule has 7 heteroatoms. The highest BCUT2D eigenvalue weighted by atomic mass is 32.1. The monoisotopic (exact) mass is 309 g/mol. The molecule has 6 nitrogen and oxygen atoms in total. The Morgan fingerprint density at radius 3 is 2.62 bits per heavy atom. The van der Waals surface area contributed by atoms with E-state index < -0.39 is 0 Å². The highest BCUT2D eigenvalue weighted by Crippen LogP contribution is 2.27. The second-order valence-electron chi connectivity index (χ2n) is 4.04. The van der Waals surface area contributed by atoms with Crippen molar-refractivity contribution in [1.82, 2.24) is 16.2 Å². The number of thiocarbonyl (C=S) groups is 1. The first kappa shape index (κ1) is 16.8. The van der Waals surface area contributed by atoms with Crippen molar-refractivity contribution in [2.75, 3.05) is 20.8 Å². The summed E-state index contributed by atoms with van der Waals surface area (Å²) in [4.78, 5) is 11.8. The molecule has 1 amide bonds. The van der Waals surface area contributed by atoms with Crippen LogP contribution < -0.4 is 25.6 Å². The molecule has 0 saturated carbocycles. The second-order valence-corrected chi connectivity index (χ2v) is 4.45. The molecule has 0 saturated heterocycles. The lowest BCUT2D eigenvalue weighted by Crippen LogP contribution is -2.47. The van der Waals surface area contributed by atoms with Gasteiger partial charge in [-0.1, -0.05) is 12.1 Å². The van der Waals surface area contributed by atoms with E-state index in [1.807, 2.05) is 0 Å². The van der Waals surface area contributed by atoms with Gasteiger partial charge in [-0.3, -0.25) is 15.6 Å². The van der Waals surface area contributed by atoms with E-state index in [4.69, 9.17) is 21.7 Å². The fourth-order valence-electron chi connectivity index (χ4n) is 1.56. The summed E-state index contributed by atoms with van der Waals surface area (Å²) < 4.78 is 10.3. The maximum absolute atomic E-state index is 11.8. The first-order chi connectivity index (χ1) is 10.1. The summed E-state index contributed by atoms with van der Waals surface area (Å²) in [7, 11) is 3.11. The molecule has 114 valence electrons. The summed E-state index contributed by atoms with van der Waals surface area (Å²) >= 11 is 4.95. The van der Waals surface area contributed by atoms with Crippen molar-refractivity contribution < 1.29 is 14.3 Å². The number of carbonyl (C=O) groups is 1. The Hall–Kier alpha value is -2.28. The van der Waals surface area contributed by atoms with Gasteiger partial charge in [0.25, 0.3) is 0 Å². The van der Waals surface area contributed by atoms with E-state index in [9.17, 15) is 4.79 Å². The molecule has 0 bridgehead atoms. The van der Waals surface area contributed by atoms with Crippen molar-refractivity contribution in [2.24, 2.45) is 0 Å². The quantitative estimate of drug-likeness (QED) is 0.412. The maximum Gasteiger partial charge on any atom is 0.242 e. The molecule has 0 aliphatic carbocycles. The van der Waals surface area contributed by atoms with Crippen molar-refractivity contribution >= 4 is 23.2 Å². The molecular formula is C14H19N3O3S. The van der Waals surface area contributed by atoms with Gasteiger partial charge in [-0.05, 0) is 29.9 Å². The van der Waals surface area contributed by atoms with Crippen LogP contribution in [0.5, 0.6) is 11.5 Å². The summed E-state index contributed by atoms with van der Waals surface area (Å²) in [5.74, 6) is 0.985. The zero-order valence-electron chi connectivity index (χ0n) is 12.1. The van der Waals surface area contributed by atoms with E-state index >= 15 is 0 Å². The molecule has 0 radical (unpaired) electrons. The minimum Gasteiger partial charge on any atom is -0.493 e. The number of methoxy groups -OCH3 is 2. The maximum atomic E-state index is 11.8. The second kappa shape index (κ2) is 8.80. The van der Waals surface area contributed by atoms with Crippen LogP contribution in [-0.4, -0.2) is 31.8 Å². The lowest BCUT2D eigenvalue weighted by atomic mass is 10.1. The van der Waals surface area contributed by atoms with Crippen molar-refractivity contribution in [3.8, 4) is 11.5 Å². The van der Waals surface area contributed by atoms with E-state index in [1.165, 1.54) is 0 Å². The van der Waals surface area contributed by atoms with Gasteiger partial charge in [0.2, 0.25) is 5.91 Å². The summed E-state index contributed by atoms with van der Waals surface area (Å²) in [5.41, 5.74) is 5.92. The molecule has 1 aromatic rings. The number of ether oxygens (including phenoxy) is 2. The Morgan fingerprint density at radius 2 is 2.00 bits per heavy atom. The Bertz CT molecular complexity index is 520. The third kappa shape index (κ3) is 5.70. The standard InChI is InChI=1S/C14H19N3O3S/c1-4-7-15-14(21)17-16-13(18)9-10-5-6-11(19-2)12(8-10)20-3/h4-6,8H,1,7,9H2,2-3H3,(H,16,18)(H2,15,17,21). The van der Waals surface area contributed by atoms with E-state index in [0.29, 0.717) is 23.2 Å². The molecule has 1 aromatic carbocycles. The normalized spacial score (nSPS) is 9.43. The molecule has 0 spiro atoms. The van der Waals surface area contributed by atoms with Crippen molar-refractivity contribution in [2.45, 2.75) is 6.42 Å². The van der Waals surface area contributed by atoms with Crippen molar-refractivity contribution in [3.63, 3.8) is 0 Å². The van der Waals surface area contributed by atoms with Crippen LogP contribution in [-0.2, 0) is 11.2 Å². The third-order valence-electron chi connectivity index (χ3n) is 2.54. The Kier molecular flexibility index (Phi) is 7.03. The zero-order valence-corrected chi connectivity index (χ0v) is 12.9. The number of hydrazine groups is 1. The van der Waals surface area contributed by atoms with Crippen LogP contribution in [0.3, 0.4) is 0 Å². The van der Waals surface area contributed by atoms with Crippen molar-refractivity contribution in [1.29, 1.82) is 0 Å².